The van der Waals surface area contributed by atoms with Crippen LogP contribution in [0.2, 0.25) is 0 Å². The predicted octanol–water partition coefficient (Wildman–Crippen LogP) is 3.55. The van der Waals surface area contributed by atoms with E-state index in [1.54, 1.807) is 6.20 Å². The Balaban J connectivity index is 2.21. The van der Waals surface area contributed by atoms with Gasteiger partial charge in [0.2, 0.25) is 0 Å². The van der Waals surface area contributed by atoms with Crippen molar-refractivity contribution in [3.05, 3.63) is 53.3 Å². The van der Waals surface area contributed by atoms with Crippen LogP contribution in [0.3, 0.4) is 0 Å². The fraction of sp³-hybridized carbons (Fsp3) is 0.353. The van der Waals surface area contributed by atoms with Gasteiger partial charge in [0.05, 0.1) is 11.4 Å². The lowest BCUT2D eigenvalue weighted by Crippen LogP contribution is -2.14. The zero-order valence-corrected chi connectivity index (χ0v) is 13.1. The molecule has 4 heteroatoms. The van der Waals surface area contributed by atoms with Gasteiger partial charge in [-0.05, 0) is 41.7 Å². The maximum Gasteiger partial charge on any atom is 0.130 e. The number of hydrazine groups is 1. The van der Waals surface area contributed by atoms with Crippen LogP contribution in [0.5, 0.6) is 5.75 Å². The number of ether oxygens (including phenoxy) is 1. The number of nitrogens with one attached hydrogen (secondary N) is 1. The second kappa shape index (κ2) is 6.14. The molecule has 0 unspecified atom stereocenters. The highest BCUT2D eigenvalue weighted by Gasteiger charge is 2.19. The summed E-state index contributed by atoms with van der Waals surface area (Å²) in [6, 6.07) is 10.0. The van der Waals surface area contributed by atoms with Crippen LogP contribution in [0.25, 0.3) is 0 Å². The number of anilines is 1. The number of aromatic nitrogens is 1. The molecule has 0 atom stereocenters. The Hall–Kier alpha value is -2.07. The molecule has 0 amide bonds. The lowest BCUT2D eigenvalue weighted by Gasteiger charge is -2.23. The summed E-state index contributed by atoms with van der Waals surface area (Å²) < 4.78 is 6.00. The summed E-state index contributed by atoms with van der Waals surface area (Å²) >= 11 is 0. The minimum Gasteiger partial charge on any atom is -0.487 e. The van der Waals surface area contributed by atoms with Gasteiger partial charge in [-0.1, -0.05) is 32.9 Å². The lowest BCUT2D eigenvalue weighted by molar-refractivity contribution is 0.293. The van der Waals surface area contributed by atoms with Crippen LogP contribution < -0.4 is 16.0 Å². The van der Waals surface area contributed by atoms with Crippen molar-refractivity contribution in [3.8, 4) is 5.75 Å². The summed E-state index contributed by atoms with van der Waals surface area (Å²) in [4.78, 5) is 4.30. The van der Waals surface area contributed by atoms with Crippen LogP contribution in [-0.2, 0) is 12.0 Å². The lowest BCUT2D eigenvalue weighted by atomic mass is 9.86. The van der Waals surface area contributed by atoms with Crippen LogP contribution >= 0.6 is 0 Å². The highest BCUT2D eigenvalue weighted by molar-refractivity contribution is 5.43. The first-order chi connectivity index (χ1) is 9.90. The predicted molar refractivity (Wildman–Crippen MR) is 86.3 cm³/mol. The van der Waals surface area contributed by atoms with Gasteiger partial charge in [-0.15, -0.1) is 0 Å². The maximum absolute atomic E-state index is 6.00. The number of hydrogen-bond donors (Lipinski definition) is 2. The van der Waals surface area contributed by atoms with E-state index in [2.05, 4.69) is 56.3 Å². The summed E-state index contributed by atoms with van der Waals surface area (Å²) in [5.41, 5.74) is 6.70. The first-order valence-electron chi connectivity index (χ1n) is 7.05. The second-order valence-corrected chi connectivity index (χ2v) is 6.22. The molecule has 1 aromatic heterocycles. The van der Waals surface area contributed by atoms with Crippen molar-refractivity contribution >= 4 is 5.69 Å². The van der Waals surface area contributed by atoms with Crippen molar-refractivity contribution in [2.24, 2.45) is 5.84 Å². The summed E-state index contributed by atoms with van der Waals surface area (Å²) in [6.45, 7) is 9.03. The van der Waals surface area contributed by atoms with Gasteiger partial charge >= 0.3 is 0 Å². The molecule has 0 aliphatic carbocycles. The minimum atomic E-state index is 0.0388. The van der Waals surface area contributed by atoms with Gasteiger partial charge in [0.25, 0.3) is 0 Å². The van der Waals surface area contributed by atoms with Gasteiger partial charge in [0, 0.05) is 6.20 Å². The third kappa shape index (κ3) is 3.95. The molecule has 0 saturated carbocycles. The number of pyridine rings is 1. The summed E-state index contributed by atoms with van der Waals surface area (Å²) in [7, 11) is 0. The molecule has 2 aromatic rings. The fourth-order valence-corrected chi connectivity index (χ4v) is 2.17. The number of aryl methyl sites for hydroxylation is 1. The molecule has 0 fully saturated rings. The number of rotatable bonds is 4. The molecule has 2 rings (SSSR count). The average molecular weight is 285 g/mol. The molecule has 0 spiro atoms. The second-order valence-electron chi connectivity index (χ2n) is 6.22. The molecule has 1 heterocycles. The summed E-state index contributed by atoms with van der Waals surface area (Å²) in [6.07, 6.45) is 1.72. The van der Waals surface area contributed by atoms with E-state index in [1.807, 2.05) is 12.1 Å². The Labute approximate surface area is 126 Å². The fourth-order valence-electron chi connectivity index (χ4n) is 2.17. The van der Waals surface area contributed by atoms with E-state index in [-0.39, 0.29) is 5.41 Å². The van der Waals surface area contributed by atoms with Crippen molar-refractivity contribution in [1.29, 1.82) is 0 Å². The SMILES string of the molecule is Cc1ccc(C(C)(C)C)c(OCc2cc(NN)ccn2)c1. The molecule has 0 aliphatic heterocycles. The number of benzene rings is 1. The molecule has 3 N–H and O–H groups in total. The molecule has 0 bridgehead atoms. The quantitative estimate of drug-likeness (QED) is 0.666. The Morgan fingerprint density at radius 1 is 1.19 bits per heavy atom. The van der Waals surface area contributed by atoms with Gasteiger partial charge < -0.3 is 10.2 Å². The summed E-state index contributed by atoms with van der Waals surface area (Å²) in [5.74, 6) is 6.32. The monoisotopic (exact) mass is 285 g/mol. The molecular formula is C17H23N3O. The Morgan fingerprint density at radius 2 is 1.95 bits per heavy atom. The van der Waals surface area contributed by atoms with Crippen LogP contribution in [0, 0.1) is 6.92 Å². The first kappa shape index (κ1) is 15.3. The van der Waals surface area contributed by atoms with Gasteiger partial charge in [-0.25, -0.2) is 0 Å². The topological polar surface area (TPSA) is 60.2 Å². The van der Waals surface area contributed by atoms with Crippen LogP contribution in [0.15, 0.2) is 36.5 Å². The third-order valence-electron chi connectivity index (χ3n) is 3.30. The number of nitrogen functional groups attached to an aromatic ring is 1. The van der Waals surface area contributed by atoms with E-state index in [0.29, 0.717) is 6.61 Å². The zero-order valence-electron chi connectivity index (χ0n) is 13.1. The van der Waals surface area contributed by atoms with E-state index in [4.69, 9.17) is 10.6 Å². The highest BCUT2D eigenvalue weighted by Crippen LogP contribution is 2.32. The van der Waals surface area contributed by atoms with E-state index in [1.165, 1.54) is 11.1 Å². The van der Waals surface area contributed by atoms with E-state index in [9.17, 15) is 0 Å². The largest absolute Gasteiger partial charge is 0.487 e. The highest BCUT2D eigenvalue weighted by atomic mass is 16.5. The van der Waals surface area contributed by atoms with Crippen molar-refractivity contribution in [2.75, 3.05) is 5.43 Å². The van der Waals surface area contributed by atoms with Gasteiger partial charge in [-0.3, -0.25) is 10.8 Å². The minimum absolute atomic E-state index is 0.0388. The molecular weight excluding hydrogens is 262 g/mol. The van der Waals surface area contributed by atoms with Crippen molar-refractivity contribution in [3.63, 3.8) is 0 Å². The van der Waals surface area contributed by atoms with Crippen LogP contribution in [-0.4, -0.2) is 4.98 Å². The normalized spacial score (nSPS) is 11.3. The number of hydrogen-bond acceptors (Lipinski definition) is 4. The molecule has 4 nitrogen and oxygen atoms in total. The molecule has 1 aromatic carbocycles. The van der Waals surface area contributed by atoms with Crippen molar-refractivity contribution in [2.45, 2.75) is 39.7 Å². The van der Waals surface area contributed by atoms with Crippen molar-refractivity contribution in [1.82, 2.24) is 4.98 Å². The Bertz CT molecular complexity index is 618. The Kier molecular flexibility index (Phi) is 4.48. The van der Waals surface area contributed by atoms with E-state index < -0.39 is 0 Å². The standard InChI is InChI=1S/C17H23N3O/c1-12-5-6-15(17(2,3)4)16(9-12)21-11-14-10-13(20-18)7-8-19-14/h5-10H,11,18H2,1-4H3,(H,19,20). The molecule has 0 radical (unpaired) electrons. The van der Waals surface area contributed by atoms with Gasteiger partial charge in [0.15, 0.2) is 0 Å². The van der Waals surface area contributed by atoms with Gasteiger partial charge in [0.1, 0.15) is 12.4 Å². The maximum atomic E-state index is 6.00. The molecule has 21 heavy (non-hydrogen) atoms. The van der Waals surface area contributed by atoms with E-state index >= 15 is 0 Å². The molecule has 112 valence electrons. The smallest absolute Gasteiger partial charge is 0.130 e. The van der Waals surface area contributed by atoms with Crippen molar-refractivity contribution < 1.29 is 4.74 Å². The Morgan fingerprint density at radius 3 is 2.62 bits per heavy atom. The van der Waals surface area contributed by atoms with Crippen LogP contribution in [0.1, 0.15) is 37.6 Å². The zero-order chi connectivity index (χ0) is 15.5. The average Bonchev–Trinajstić information content (AvgIpc) is 2.44. The first-order valence-corrected chi connectivity index (χ1v) is 7.05. The molecule has 0 aliphatic rings. The van der Waals surface area contributed by atoms with Gasteiger partial charge in [-0.2, -0.15) is 0 Å². The third-order valence-corrected chi connectivity index (χ3v) is 3.30. The number of nitrogens with two attached hydrogens (primary N) is 1. The molecule has 0 saturated heterocycles. The van der Waals surface area contributed by atoms with Crippen LogP contribution in [0.4, 0.5) is 5.69 Å². The number of nitrogens with zero attached hydrogens (tertiary/aromatic N) is 1. The summed E-state index contributed by atoms with van der Waals surface area (Å²) in [5, 5.41) is 0. The van der Waals surface area contributed by atoms with E-state index in [0.717, 1.165) is 17.1 Å².